The van der Waals surface area contributed by atoms with Crippen LogP contribution < -0.4 is 10.1 Å². The quantitative estimate of drug-likeness (QED) is 0.736. The molecule has 0 radical (unpaired) electrons. The Balaban J connectivity index is 1.75. The molecule has 5 heteroatoms. The molecule has 1 amide bonds. The third-order valence-corrected chi connectivity index (χ3v) is 3.38. The predicted octanol–water partition coefficient (Wildman–Crippen LogP) is 1.20. The van der Waals surface area contributed by atoms with E-state index in [1.807, 2.05) is 12.1 Å². The van der Waals surface area contributed by atoms with E-state index in [-0.39, 0.29) is 18.6 Å². The van der Waals surface area contributed by atoms with Crippen LogP contribution in [0.5, 0.6) is 5.75 Å². The third kappa shape index (κ3) is 3.95. The van der Waals surface area contributed by atoms with Crippen molar-refractivity contribution >= 4 is 5.91 Å². The molecule has 2 N–H and O–H groups in total. The highest BCUT2D eigenvalue weighted by molar-refractivity contribution is 5.77. The second-order valence-corrected chi connectivity index (χ2v) is 4.90. The van der Waals surface area contributed by atoms with E-state index < -0.39 is 0 Å². The number of methoxy groups -OCH3 is 1. The Kier molecular flexibility index (Phi) is 5.38. The zero-order chi connectivity index (χ0) is 14.4. The summed E-state index contributed by atoms with van der Waals surface area (Å²) in [5.74, 6) is 0.534. The van der Waals surface area contributed by atoms with Gasteiger partial charge in [-0.25, -0.2) is 0 Å². The topological polar surface area (TPSA) is 67.8 Å². The van der Waals surface area contributed by atoms with Gasteiger partial charge < -0.3 is 19.9 Å². The summed E-state index contributed by atoms with van der Waals surface area (Å²) in [6.45, 7) is 1.23. The maximum atomic E-state index is 11.5. The van der Waals surface area contributed by atoms with Gasteiger partial charge in [-0.1, -0.05) is 6.07 Å². The van der Waals surface area contributed by atoms with Gasteiger partial charge in [-0.3, -0.25) is 4.79 Å². The highest BCUT2D eigenvalue weighted by atomic mass is 16.5. The lowest BCUT2D eigenvalue weighted by molar-refractivity contribution is -0.123. The number of nitrogens with one attached hydrogen (secondary N) is 1. The van der Waals surface area contributed by atoms with Crippen LogP contribution in [0, 0.1) is 0 Å². The maximum absolute atomic E-state index is 11.5. The van der Waals surface area contributed by atoms with E-state index in [1.165, 1.54) is 0 Å². The Morgan fingerprint density at radius 1 is 1.50 bits per heavy atom. The minimum atomic E-state index is -0.358. The van der Waals surface area contributed by atoms with E-state index >= 15 is 0 Å². The fraction of sp³-hybridized carbons (Fsp3) is 0.533. The largest absolute Gasteiger partial charge is 0.484 e. The van der Waals surface area contributed by atoms with Crippen molar-refractivity contribution in [3.63, 3.8) is 0 Å². The van der Waals surface area contributed by atoms with Gasteiger partial charge in [0.25, 0.3) is 5.91 Å². The number of hydrogen-bond acceptors (Lipinski definition) is 4. The number of amides is 1. The van der Waals surface area contributed by atoms with E-state index in [2.05, 4.69) is 5.32 Å². The summed E-state index contributed by atoms with van der Waals surface area (Å²) in [6.07, 6.45) is 2.05. The zero-order valence-electron chi connectivity index (χ0n) is 11.7. The molecule has 110 valence electrons. The second kappa shape index (κ2) is 7.26. The molecule has 0 bridgehead atoms. The highest BCUT2D eigenvalue weighted by Crippen LogP contribution is 2.33. The summed E-state index contributed by atoms with van der Waals surface area (Å²) in [6, 6.07) is 5.58. The predicted molar refractivity (Wildman–Crippen MR) is 74.7 cm³/mol. The first-order valence-corrected chi connectivity index (χ1v) is 6.90. The van der Waals surface area contributed by atoms with Gasteiger partial charge in [0.15, 0.2) is 6.61 Å². The molecule has 1 aliphatic carbocycles. The van der Waals surface area contributed by atoms with Crippen molar-refractivity contribution in [3.05, 3.63) is 29.3 Å². The number of aliphatic hydroxyl groups excluding tert-OH is 1. The molecule has 2 rings (SSSR count). The normalized spacial score (nSPS) is 16.8. The molecular formula is C15H21NO4. The van der Waals surface area contributed by atoms with Gasteiger partial charge in [0.1, 0.15) is 5.75 Å². The fourth-order valence-electron chi connectivity index (χ4n) is 2.31. The SMILES string of the molecule is COCCCNC(=O)COc1ccc2c(c1)CC[C@@H]2O. The molecular weight excluding hydrogens is 258 g/mol. The van der Waals surface area contributed by atoms with Crippen LogP contribution in [-0.2, 0) is 16.0 Å². The van der Waals surface area contributed by atoms with Crippen molar-refractivity contribution in [2.45, 2.75) is 25.4 Å². The standard InChI is InChI=1S/C15H21NO4/c1-19-8-2-7-16-15(18)10-20-12-4-5-13-11(9-12)3-6-14(13)17/h4-5,9,14,17H,2-3,6-8,10H2,1H3,(H,16,18)/t14-/m0/s1. The Hall–Kier alpha value is -1.59. The molecule has 5 nitrogen and oxygen atoms in total. The van der Waals surface area contributed by atoms with E-state index in [0.717, 1.165) is 30.4 Å². The molecule has 0 fully saturated rings. The van der Waals surface area contributed by atoms with E-state index in [0.29, 0.717) is 18.9 Å². The Labute approximate surface area is 118 Å². The molecule has 1 aliphatic rings. The van der Waals surface area contributed by atoms with E-state index in [4.69, 9.17) is 9.47 Å². The first kappa shape index (κ1) is 14.8. The summed E-state index contributed by atoms with van der Waals surface area (Å²) in [5.41, 5.74) is 2.08. The number of carbonyl (C=O) groups excluding carboxylic acids is 1. The van der Waals surface area contributed by atoms with Crippen LogP contribution in [-0.4, -0.2) is 37.9 Å². The van der Waals surface area contributed by atoms with Gasteiger partial charge in [-0.15, -0.1) is 0 Å². The van der Waals surface area contributed by atoms with Crippen LogP contribution in [0.4, 0.5) is 0 Å². The number of carbonyl (C=O) groups is 1. The summed E-state index contributed by atoms with van der Waals surface area (Å²) < 4.78 is 10.4. The summed E-state index contributed by atoms with van der Waals surface area (Å²) >= 11 is 0. The molecule has 0 aliphatic heterocycles. The minimum absolute atomic E-state index is 0.00826. The van der Waals surface area contributed by atoms with Gasteiger partial charge in [0.2, 0.25) is 0 Å². The second-order valence-electron chi connectivity index (χ2n) is 4.90. The van der Waals surface area contributed by atoms with E-state index in [1.54, 1.807) is 13.2 Å². The molecule has 0 heterocycles. The molecule has 0 unspecified atom stereocenters. The zero-order valence-corrected chi connectivity index (χ0v) is 11.7. The molecule has 1 aromatic carbocycles. The Bertz CT molecular complexity index is 461. The lowest BCUT2D eigenvalue weighted by Crippen LogP contribution is -2.30. The number of ether oxygens (including phenoxy) is 2. The average molecular weight is 279 g/mol. The van der Waals surface area contributed by atoms with Crippen LogP contribution >= 0.6 is 0 Å². The maximum Gasteiger partial charge on any atom is 0.257 e. The molecule has 0 spiro atoms. The van der Waals surface area contributed by atoms with Crippen molar-refractivity contribution in [2.24, 2.45) is 0 Å². The fourth-order valence-corrected chi connectivity index (χ4v) is 2.31. The Morgan fingerprint density at radius 3 is 3.15 bits per heavy atom. The number of aryl methyl sites for hydroxylation is 1. The summed E-state index contributed by atoms with van der Waals surface area (Å²) in [4.78, 5) is 11.5. The molecule has 1 atom stereocenters. The summed E-state index contributed by atoms with van der Waals surface area (Å²) in [7, 11) is 1.63. The highest BCUT2D eigenvalue weighted by Gasteiger charge is 2.20. The van der Waals surface area contributed by atoms with Crippen molar-refractivity contribution < 1.29 is 19.4 Å². The average Bonchev–Trinajstić information content (AvgIpc) is 2.82. The van der Waals surface area contributed by atoms with Crippen LogP contribution in [0.15, 0.2) is 18.2 Å². The number of fused-ring (bicyclic) bond motifs is 1. The molecule has 0 saturated heterocycles. The monoisotopic (exact) mass is 279 g/mol. The number of rotatable bonds is 7. The summed E-state index contributed by atoms with van der Waals surface area (Å²) in [5, 5.41) is 12.5. The van der Waals surface area contributed by atoms with Crippen LogP contribution in [0.3, 0.4) is 0 Å². The molecule has 1 aromatic rings. The van der Waals surface area contributed by atoms with Crippen molar-refractivity contribution in [1.29, 1.82) is 0 Å². The first-order valence-electron chi connectivity index (χ1n) is 6.90. The van der Waals surface area contributed by atoms with E-state index in [9.17, 15) is 9.90 Å². The smallest absolute Gasteiger partial charge is 0.257 e. The van der Waals surface area contributed by atoms with Gasteiger partial charge in [-0.05, 0) is 42.5 Å². The lowest BCUT2D eigenvalue weighted by Gasteiger charge is -2.09. The van der Waals surface area contributed by atoms with Gasteiger partial charge >= 0.3 is 0 Å². The van der Waals surface area contributed by atoms with Gasteiger partial charge in [0, 0.05) is 20.3 Å². The molecule has 0 saturated carbocycles. The van der Waals surface area contributed by atoms with Crippen LogP contribution in [0.2, 0.25) is 0 Å². The van der Waals surface area contributed by atoms with Crippen molar-refractivity contribution in [2.75, 3.05) is 26.9 Å². The lowest BCUT2D eigenvalue weighted by atomic mass is 10.1. The third-order valence-electron chi connectivity index (χ3n) is 3.38. The van der Waals surface area contributed by atoms with Crippen LogP contribution in [0.25, 0.3) is 0 Å². The number of hydrogen-bond donors (Lipinski definition) is 2. The van der Waals surface area contributed by atoms with Crippen molar-refractivity contribution in [3.8, 4) is 5.75 Å². The van der Waals surface area contributed by atoms with Gasteiger partial charge in [0.05, 0.1) is 6.10 Å². The minimum Gasteiger partial charge on any atom is -0.484 e. The Morgan fingerprint density at radius 2 is 2.35 bits per heavy atom. The number of aliphatic hydroxyl groups is 1. The van der Waals surface area contributed by atoms with Crippen LogP contribution in [0.1, 0.15) is 30.1 Å². The van der Waals surface area contributed by atoms with Crippen molar-refractivity contribution in [1.82, 2.24) is 5.32 Å². The molecule has 0 aromatic heterocycles. The molecule has 20 heavy (non-hydrogen) atoms. The first-order chi connectivity index (χ1) is 9.70. The van der Waals surface area contributed by atoms with Gasteiger partial charge in [-0.2, -0.15) is 0 Å². The number of benzene rings is 1.